The van der Waals surface area contributed by atoms with E-state index < -0.39 is 29.1 Å². The summed E-state index contributed by atoms with van der Waals surface area (Å²) >= 11 is 0. The van der Waals surface area contributed by atoms with Crippen LogP contribution >= 0.6 is 0 Å². The largest absolute Gasteiger partial charge is 0.493 e. The molecule has 0 unspecified atom stereocenters. The predicted molar refractivity (Wildman–Crippen MR) is 170 cm³/mol. The van der Waals surface area contributed by atoms with Gasteiger partial charge in [0.2, 0.25) is 11.8 Å². The summed E-state index contributed by atoms with van der Waals surface area (Å²) < 4.78 is 30.7. The lowest BCUT2D eigenvalue weighted by Gasteiger charge is -2.37. The Morgan fingerprint density at radius 2 is 1.54 bits per heavy atom. The van der Waals surface area contributed by atoms with Crippen LogP contribution in [-0.4, -0.2) is 72.5 Å². The van der Waals surface area contributed by atoms with Crippen molar-refractivity contribution in [2.75, 3.05) is 44.4 Å². The molecule has 46 heavy (non-hydrogen) atoms. The van der Waals surface area contributed by atoms with Crippen molar-refractivity contribution < 1.29 is 33.0 Å². The normalized spacial score (nSPS) is 17.2. The molecule has 6 rings (SSSR count). The number of aromatic nitrogens is 1. The lowest BCUT2D eigenvalue weighted by molar-refractivity contribution is -0.131. The topological polar surface area (TPSA) is 122 Å². The number of carbonyl (C=O) groups excluding carboxylic acids is 3. The molecule has 1 aliphatic heterocycles. The Labute approximate surface area is 265 Å². The van der Waals surface area contributed by atoms with E-state index in [9.17, 15) is 18.8 Å². The van der Waals surface area contributed by atoms with Gasteiger partial charge in [-0.2, -0.15) is 0 Å². The minimum Gasteiger partial charge on any atom is -0.493 e. The molecule has 2 N–H and O–H groups in total. The summed E-state index contributed by atoms with van der Waals surface area (Å²) in [7, 11) is 3.52. The molecule has 2 aliphatic rings. The molecule has 238 valence electrons. The number of likely N-dealkylation sites (N-methyl/N-ethyl adjacent to an activating group) is 1. The average molecular weight is 628 g/mol. The molecule has 0 bridgehead atoms. The Morgan fingerprint density at radius 3 is 2.15 bits per heavy atom. The number of anilines is 2. The van der Waals surface area contributed by atoms with Crippen LogP contribution in [0.4, 0.5) is 20.6 Å². The van der Waals surface area contributed by atoms with Gasteiger partial charge >= 0.3 is 6.09 Å². The molecule has 1 atom stereocenters. The van der Waals surface area contributed by atoms with Gasteiger partial charge < -0.3 is 34.6 Å². The molecule has 4 aromatic rings. The van der Waals surface area contributed by atoms with Crippen LogP contribution in [0.15, 0.2) is 72.9 Å². The summed E-state index contributed by atoms with van der Waals surface area (Å²) in [6, 6.07) is 17.2. The molecule has 12 heteroatoms. The van der Waals surface area contributed by atoms with E-state index in [4.69, 9.17) is 14.2 Å². The number of benzene rings is 3. The molecule has 1 aliphatic carbocycles. The first-order valence-corrected chi connectivity index (χ1v) is 15.0. The number of piperazine rings is 1. The lowest BCUT2D eigenvalue weighted by atomic mass is 10.0. The van der Waals surface area contributed by atoms with Crippen LogP contribution in [0.25, 0.3) is 10.9 Å². The molecular weight excluding hydrogens is 593 g/mol. The number of nitrogens with zero attached hydrogens (tertiary/aromatic N) is 3. The summed E-state index contributed by atoms with van der Waals surface area (Å²) in [5, 5.41) is 6.16. The van der Waals surface area contributed by atoms with Crippen LogP contribution < -0.4 is 24.8 Å². The fourth-order valence-corrected chi connectivity index (χ4v) is 5.47. The fraction of sp³-hybridized carbons (Fsp3) is 0.294. The number of rotatable bonds is 8. The van der Waals surface area contributed by atoms with Crippen molar-refractivity contribution in [3.8, 4) is 23.0 Å². The summed E-state index contributed by atoms with van der Waals surface area (Å²) in [5.74, 6) is 0.366. The van der Waals surface area contributed by atoms with E-state index in [0.29, 0.717) is 58.9 Å². The number of fused-ring (bicyclic) bond motifs is 1. The molecule has 1 saturated heterocycles. The van der Waals surface area contributed by atoms with Gasteiger partial charge in [0.25, 0.3) is 0 Å². The summed E-state index contributed by atoms with van der Waals surface area (Å²) in [5.41, 5.74) is 0.297. The molecular formula is C34H34FN5O6. The highest BCUT2D eigenvalue weighted by atomic mass is 19.1. The third-order valence-electron chi connectivity index (χ3n) is 8.31. The SMILES string of the molecule is COc1cc2c(Oc3ccc(NC(=O)C4(C(=O)Nc5ccc(F)cc5)CC4)cc3)ccnc2cc1OC(=O)N1CCN(C)C[C@@H]1C. The van der Waals surface area contributed by atoms with Crippen LogP contribution in [0.2, 0.25) is 0 Å². The van der Waals surface area contributed by atoms with Gasteiger partial charge in [-0.05, 0) is 87.5 Å². The number of hydrogen-bond donors (Lipinski definition) is 2. The van der Waals surface area contributed by atoms with E-state index >= 15 is 0 Å². The highest BCUT2D eigenvalue weighted by Gasteiger charge is 2.56. The Morgan fingerprint density at radius 1 is 0.891 bits per heavy atom. The third kappa shape index (κ3) is 6.43. The second-order valence-corrected chi connectivity index (χ2v) is 11.6. The van der Waals surface area contributed by atoms with E-state index in [1.807, 2.05) is 14.0 Å². The van der Waals surface area contributed by atoms with Gasteiger partial charge in [0.1, 0.15) is 22.7 Å². The number of ether oxygens (including phenoxy) is 3. The van der Waals surface area contributed by atoms with Crippen molar-refractivity contribution in [2.24, 2.45) is 5.41 Å². The summed E-state index contributed by atoms with van der Waals surface area (Å²) in [6.07, 6.45) is 1.99. The summed E-state index contributed by atoms with van der Waals surface area (Å²) in [6.45, 7) is 4.08. The lowest BCUT2D eigenvalue weighted by Crippen LogP contribution is -2.53. The van der Waals surface area contributed by atoms with Gasteiger partial charge in [-0.1, -0.05) is 0 Å². The maximum atomic E-state index is 13.2. The van der Waals surface area contributed by atoms with Crippen molar-refractivity contribution in [1.29, 1.82) is 0 Å². The maximum Gasteiger partial charge on any atom is 0.415 e. The zero-order valence-corrected chi connectivity index (χ0v) is 25.7. The van der Waals surface area contributed by atoms with E-state index in [1.54, 1.807) is 53.6 Å². The molecule has 0 radical (unpaired) electrons. The zero-order valence-electron chi connectivity index (χ0n) is 25.7. The van der Waals surface area contributed by atoms with Gasteiger partial charge in [0, 0.05) is 54.7 Å². The molecule has 3 aromatic carbocycles. The fourth-order valence-electron chi connectivity index (χ4n) is 5.47. The smallest absolute Gasteiger partial charge is 0.415 e. The molecule has 2 fully saturated rings. The first-order chi connectivity index (χ1) is 22.1. The zero-order chi connectivity index (χ0) is 32.4. The predicted octanol–water partition coefficient (Wildman–Crippen LogP) is 5.67. The number of pyridine rings is 1. The number of halogens is 1. The molecule has 1 saturated carbocycles. The van der Waals surface area contributed by atoms with Crippen LogP contribution in [0.1, 0.15) is 19.8 Å². The van der Waals surface area contributed by atoms with Crippen molar-refractivity contribution in [3.63, 3.8) is 0 Å². The number of methoxy groups -OCH3 is 1. The van der Waals surface area contributed by atoms with Gasteiger partial charge in [-0.3, -0.25) is 14.6 Å². The van der Waals surface area contributed by atoms with Crippen LogP contribution in [0.5, 0.6) is 23.0 Å². The quantitative estimate of drug-likeness (QED) is 0.240. The highest BCUT2D eigenvalue weighted by molar-refractivity contribution is 6.16. The van der Waals surface area contributed by atoms with E-state index in [2.05, 4.69) is 20.5 Å². The average Bonchev–Trinajstić information content (AvgIpc) is 3.85. The van der Waals surface area contributed by atoms with Crippen LogP contribution in [-0.2, 0) is 9.59 Å². The van der Waals surface area contributed by atoms with Crippen molar-refractivity contribution in [3.05, 3.63) is 78.7 Å². The minimum absolute atomic E-state index is 0.0117. The van der Waals surface area contributed by atoms with Crippen LogP contribution in [0, 0.1) is 11.2 Å². The van der Waals surface area contributed by atoms with E-state index in [-0.39, 0.29) is 11.8 Å². The molecule has 3 amide bonds. The molecule has 2 heterocycles. The van der Waals surface area contributed by atoms with E-state index in [1.165, 1.54) is 31.4 Å². The highest BCUT2D eigenvalue weighted by Crippen LogP contribution is 2.47. The first-order valence-electron chi connectivity index (χ1n) is 15.0. The Kier molecular flexibility index (Phi) is 8.46. The molecule has 0 spiro atoms. The van der Waals surface area contributed by atoms with Crippen molar-refractivity contribution in [1.82, 2.24) is 14.8 Å². The van der Waals surface area contributed by atoms with Gasteiger partial charge in [0.05, 0.1) is 12.6 Å². The summed E-state index contributed by atoms with van der Waals surface area (Å²) in [4.78, 5) is 47.2. The third-order valence-corrected chi connectivity index (χ3v) is 8.31. The number of nitrogens with one attached hydrogen (secondary N) is 2. The molecule has 11 nitrogen and oxygen atoms in total. The van der Waals surface area contributed by atoms with E-state index in [0.717, 1.165) is 13.1 Å². The standard InChI is InChI=1S/C34H34FN5O6/c1-21-20-39(2)16-17-40(21)33(43)46-30-19-27-26(18-29(30)44-3)28(12-15-36-27)45-25-10-8-24(9-11-25)38-32(42)34(13-14-34)31(41)37-23-6-4-22(35)5-7-23/h4-12,15,18-19,21H,13-14,16-17,20H2,1-3H3,(H,37,41)(H,38,42)/t21-/m0/s1. The Balaban J connectivity index is 1.12. The van der Waals surface area contributed by atoms with Gasteiger partial charge in [0.15, 0.2) is 11.5 Å². The number of amides is 3. The monoisotopic (exact) mass is 627 g/mol. The maximum absolute atomic E-state index is 13.2. The Bertz CT molecular complexity index is 1780. The molecule has 1 aromatic heterocycles. The minimum atomic E-state index is -1.17. The second kappa shape index (κ2) is 12.6. The van der Waals surface area contributed by atoms with Crippen molar-refractivity contribution in [2.45, 2.75) is 25.8 Å². The second-order valence-electron chi connectivity index (χ2n) is 11.6. The first kappa shape index (κ1) is 30.8. The van der Waals surface area contributed by atoms with Gasteiger partial charge in [-0.25, -0.2) is 9.18 Å². The number of carbonyl (C=O) groups is 3. The van der Waals surface area contributed by atoms with Crippen molar-refractivity contribution >= 4 is 40.2 Å². The van der Waals surface area contributed by atoms with Gasteiger partial charge in [-0.15, -0.1) is 0 Å². The number of hydrogen-bond acceptors (Lipinski definition) is 8. The van der Waals surface area contributed by atoms with Crippen LogP contribution in [0.3, 0.4) is 0 Å². The Hall–Kier alpha value is -5.23.